The lowest BCUT2D eigenvalue weighted by molar-refractivity contribution is 0.750. The topological polar surface area (TPSA) is 79.7 Å². The highest BCUT2D eigenvalue weighted by molar-refractivity contribution is 5.77. The van der Waals surface area contributed by atoms with E-state index >= 15 is 0 Å². The van der Waals surface area contributed by atoms with Crippen LogP contribution in [0.5, 0.6) is 0 Å². The number of pyridine rings is 1. The van der Waals surface area contributed by atoms with Crippen LogP contribution in [0.4, 0.5) is 5.95 Å². The summed E-state index contributed by atoms with van der Waals surface area (Å²) in [6, 6.07) is 12.3. The molecule has 1 N–H and O–H groups in total. The van der Waals surface area contributed by atoms with Crippen molar-refractivity contribution in [1.82, 2.24) is 24.7 Å². The number of H-pyrrole nitrogens is 1. The molecule has 3 aromatic heterocycles. The summed E-state index contributed by atoms with van der Waals surface area (Å²) in [7, 11) is 3.71. The van der Waals surface area contributed by atoms with Crippen LogP contribution in [0.2, 0.25) is 0 Å². The van der Waals surface area contributed by atoms with E-state index in [1.165, 1.54) is 0 Å². The van der Waals surface area contributed by atoms with Crippen LogP contribution in [0.3, 0.4) is 0 Å². The molecule has 0 amide bonds. The summed E-state index contributed by atoms with van der Waals surface area (Å²) in [6.07, 6.45) is 5.33. The van der Waals surface area contributed by atoms with E-state index in [9.17, 15) is 4.79 Å². The zero-order valence-electron chi connectivity index (χ0n) is 16.9. The van der Waals surface area contributed by atoms with Gasteiger partial charge in [-0.05, 0) is 41.3 Å². The fourth-order valence-corrected chi connectivity index (χ4v) is 3.56. The minimum absolute atomic E-state index is 0.167. The van der Waals surface area contributed by atoms with Gasteiger partial charge in [-0.25, -0.2) is 4.98 Å². The average molecular weight is 388 g/mol. The molecule has 7 nitrogen and oxygen atoms in total. The molecule has 0 atom stereocenters. The maximum Gasteiger partial charge on any atom is 0.278 e. The minimum atomic E-state index is -0.167. The first kappa shape index (κ1) is 18.9. The van der Waals surface area contributed by atoms with Gasteiger partial charge >= 0.3 is 0 Å². The van der Waals surface area contributed by atoms with Crippen molar-refractivity contribution < 1.29 is 0 Å². The third-order valence-electron chi connectivity index (χ3n) is 4.96. The van der Waals surface area contributed by atoms with E-state index in [1.54, 1.807) is 24.1 Å². The van der Waals surface area contributed by atoms with Gasteiger partial charge in [0.25, 0.3) is 5.56 Å². The Balaban J connectivity index is 1.65. The predicted octanol–water partition coefficient (Wildman–Crippen LogP) is 3.31. The number of aromatic nitrogens is 5. The SMILES string of the molecule is CCCc1nn(C)c2c(=O)[nH]c(N(C)Cc3cccc(-c4ccncc4)c3)nc12. The van der Waals surface area contributed by atoms with Crippen molar-refractivity contribution in [2.45, 2.75) is 26.3 Å². The van der Waals surface area contributed by atoms with Crippen LogP contribution in [-0.2, 0) is 20.0 Å². The number of aryl methyl sites for hydroxylation is 2. The Bertz CT molecular complexity index is 1200. The van der Waals surface area contributed by atoms with E-state index in [-0.39, 0.29) is 5.56 Å². The highest BCUT2D eigenvalue weighted by Gasteiger charge is 2.16. The maximum atomic E-state index is 12.6. The van der Waals surface area contributed by atoms with Gasteiger partial charge in [0.2, 0.25) is 5.95 Å². The highest BCUT2D eigenvalue weighted by atomic mass is 16.1. The summed E-state index contributed by atoms with van der Waals surface area (Å²) in [6.45, 7) is 2.72. The van der Waals surface area contributed by atoms with Crippen molar-refractivity contribution in [2.24, 2.45) is 7.05 Å². The average Bonchev–Trinajstić information content (AvgIpc) is 3.05. The van der Waals surface area contributed by atoms with Crippen molar-refractivity contribution in [2.75, 3.05) is 11.9 Å². The molecule has 0 aliphatic heterocycles. The summed E-state index contributed by atoms with van der Waals surface area (Å²) in [4.78, 5) is 26.3. The standard InChI is InChI=1S/C22H24N6O/c1-4-6-18-19-20(28(3)26-18)21(29)25-22(24-19)27(2)14-15-7-5-8-17(13-15)16-9-11-23-12-10-16/h5,7-13H,4,6,14H2,1-3H3,(H,24,25,29). The van der Waals surface area contributed by atoms with Crippen LogP contribution in [0.25, 0.3) is 22.2 Å². The Kier molecular flexibility index (Phi) is 5.12. The van der Waals surface area contributed by atoms with Gasteiger partial charge in [0.05, 0.1) is 5.69 Å². The van der Waals surface area contributed by atoms with Gasteiger partial charge in [0, 0.05) is 33.0 Å². The molecule has 0 bridgehead atoms. The number of anilines is 1. The van der Waals surface area contributed by atoms with Gasteiger partial charge in [0.15, 0.2) is 5.52 Å². The molecule has 0 fully saturated rings. The number of fused-ring (bicyclic) bond motifs is 1. The predicted molar refractivity (Wildman–Crippen MR) is 115 cm³/mol. The van der Waals surface area contributed by atoms with Gasteiger partial charge in [0.1, 0.15) is 5.52 Å². The molecule has 0 unspecified atom stereocenters. The second-order valence-electron chi connectivity index (χ2n) is 7.20. The third-order valence-corrected chi connectivity index (χ3v) is 4.96. The van der Waals surface area contributed by atoms with Crippen LogP contribution in [0.1, 0.15) is 24.6 Å². The van der Waals surface area contributed by atoms with Crippen LogP contribution in [0.15, 0.2) is 53.6 Å². The first-order valence-corrected chi connectivity index (χ1v) is 9.73. The lowest BCUT2D eigenvalue weighted by atomic mass is 10.0. The Morgan fingerprint density at radius 2 is 1.93 bits per heavy atom. The summed E-state index contributed by atoms with van der Waals surface area (Å²) in [5.41, 5.74) is 5.29. The second kappa shape index (κ2) is 7.87. The highest BCUT2D eigenvalue weighted by Crippen LogP contribution is 2.21. The van der Waals surface area contributed by atoms with Crippen LogP contribution in [0, 0.1) is 0 Å². The molecule has 7 heteroatoms. The van der Waals surface area contributed by atoms with E-state index < -0.39 is 0 Å². The van der Waals surface area contributed by atoms with Crippen molar-refractivity contribution in [1.29, 1.82) is 0 Å². The monoisotopic (exact) mass is 388 g/mol. The van der Waals surface area contributed by atoms with Crippen LogP contribution >= 0.6 is 0 Å². The maximum absolute atomic E-state index is 12.6. The first-order chi connectivity index (χ1) is 14.1. The largest absolute Gasteiger partial charge is 0.341 e. The van der Waals surface area contributed by atoms with Crippen molar-refractivity contribution in [3.05, 3.63) is 70.4 Å². The molecule has 3 heterocycles. The normalized spacial score (nSPS) is 11.1. The summed E-state index contributed by atoms with van der Waals surface area (Å²) in [5.74, 6) is 0.544. The third kappa shape index (κ3) is 3.76. The minimum Gasteiger partial charge on any atom is -0.341 e. The molecule has 4 aromatic rings. The number of aromatic amines is 1. The summed E-state index contributed by atoms with van der Waals surface area (Å²) in [5, 5.41) is 4.48. The zero-order valence-corrected chi connectivity index (χ0v) is 16.9. The molecule has 0 spiro atoms. The van der Waals surface area contributed by atoms with Gasteiger partial charge in [-0.3, -0.25) is 19.4 Å². The van der Waals surface area contributed by atoms with Gasteiger partial charge < -0.3 is 4.90 Å². The molecule has 0 aliphatic carbocycles. The van der Waals surface area contributed by atoms with E-state index in [0.717, 1.165) is 35.2 Å². The van der Waals surface area contributed by atoms with Gasteiger partial charge in [-0.1, -0.05) is 31.5 Å². The lowest BCUT2D eigenvalue weighted by Gasteiger charge is -2.18. The van der Waals surface area contributed by atoms with Gasteiger partial charge in [-0.2, -0.15) is 5.10 Å². The molecule has 148 valence electrons. The van der Waals surface area contributed by atoms with Crippen LogP contribution < -0.4 is 10.5 Å². The van der Waals surface area contributed by atoms with E-state index in [1.807, 2.05) is 30.1 Å². The Morgan fingerprint density at radius 3 is 2.69 bits per heavy atom. The summed E-state index contributed by atoms with van der Waals surface area (Å²) >= 11 is 0. The molecule has 1 aromatic carbocycles. The molecular formula is C22H24N6O. The molecule has 0 radical (unpaired) electrons. The number of nitrogens with one attached hydrogen (secondary N) is 1. The molecular weight excluding hydrogens is 364 g/mol. The fourth-order valence-electron chi connectivity index (χ4n) is 3.56. The van der Waals surface area contributed by atoms with Gasteiger partial charge in [-0.15, -0.1) is 0 Å². The molecule has 0 aliphatic rings. The van der Waals surface area contributed by atoms with Crippen molar-refractivity contribution in [3.8, 4) is 11.1 Å². The number of hydrogen-bond donors (Lipinski definition) is 1. The number of hydrogen-bond acceptors (Lipinski definition) is 5. The Labute approximate surface area is 169 Å². The number of nitrogens with zero attached hydrogens (tertiary/aromatic N) is 5. The molecule has 0 saturated heterocycles. The molecule has 4 rings (SSSR count). The second-order valence-corrected chi connectivity index (χ2v) is 7.20. The quantitative estimate of drug-likeness (QED) is 0.548. The zero-order chi connectivity index (χ0) is 20.4. The fraction of sp³-hybridized carbons (Fsp3) is 0.273. The lowest BCUT2D eigenvalue weighted by Crippen LogP contribution is -2.23. The van der Waals surface area contributed by atoms with Crippen molar-refractivity contribution in [3.63, 3.8) is 0 Å². The van der Waals surface area contributed by atoms with Crippen LogP contribution in [-0.4, -0.2) is 31.8 Å². The number of rotatable bonds is 6. The van der Waals surface area contributed by atoms with Crippen molar-refractivity contribution >= 4 is 17.0 Å². The Morgan fingerprint density at radius 1 is 1.14 bits per heavy atom. The molecule has 0 saturated carbocycles. The van der Waals surface area contributed by atoms with E-state index in [4.69, 9.17) is 4.98 Å². The molecule has 29 heavy (non-hydrogen) atoms. The summed E-state index contributed by atoms with van der Waals surface area (Å²) < 4.78 is 1.62. The van der Waals surface area contributed by atoms with E-state index in [2.05, 4.69) is 40.2 Å². The Hall–Kier alpha value is -3.48. The smallest absolute Gasteiger partial charge is 0.278 e. The first-order valence-electron chi connectivity index (χ1n) is 9.73. The number of benzene rings is 1. The van der Waals surface area contributed by atoms with E-state index in [0.29, 0.717) is 23.5 Å².